The van der Waals surface area contributed by atoms with Crippen LogP contribution < -0.4 is 16.0 Å². The van der Waals surface area contributed by atoms with Crippen molar-refractivity contribution in [3.8, 4) is 0 Å². The van der Waals surface area contributed by atoms with Gasteiger partial charge >= 0.3 is 0 Å². The Kier molecular flexibility index (Phi) is 7.37. The summed E-state index contributed by atoms with van der Waals surface area (Å²) >= 11 is 5.18. The predicted molar refractivity (Wildman–Crippen MR) is 136 cm³/mol. The Balaban J connectivity index is 1.62. The van der Waals surface area contributed by atoms with Gasteiger partial charge in [0.2, 0.25) is 0 Å². The molecule has 0 aromatic heterocycles. The van der Waals surface area contributed by atoms with Crippen molar-refractivity contribution >= 4 is 46.2 Å². The quantitative estimate of drug-likeness (QED) is 0.263. The molecule has 0 aliphatic heterocycles. The molecule has 0 aliphatic carbocycles. The van der Waals surface area contributed by atoms with E-state index >= 15 is 0 Å². The molecule has 2 amide bonds. The van der Waals surface area contributed by atoms with Gasteiger partial charge in [-0.05, 0) is 59.6 Å². The Bertz CT molecular complexity index is 1250. The van der Waals surface area contributed by atoms with Crippen LogP contribution >= 0.6 is 12.2 Å². The van der Waals surface area contributed by atoms with Crippen LogP contribution in [0.2, 0.25) is 0 Å². The number of hydrogen-bond acceptors (Lipinski definition) is 5. The first-order chi connectivity index (χ1) is 16.0. The van der Waals surface area contributed by atoms with Crippen molar-refractivity contribution in [1.29, 1.82) is 0 Å². The van der Waals surface area contributed by atoms with Crippen molar-refractivity contribution in [3.63, 3.8) is 0 Å². The minimum Gasteiger partial charge on any atom is -0.332 e. The van der Waals surface area contributed by atoms with Gasteiger partial charge in [-0.1, -0.05) is 45.0 Å². The molecular formula is C25H24N4O4S. The van der Waals surface area contributed by atoms with Crippen LogP contribution in [0.25, 0.3) is 0 Å². The van der Waals surface area contributed by atoms with Gasteiger partial charge in [-0.25, -0.2) is 0 Å². The smallest absolute Gasteiger partial charge is 0.270 e. The van der Waals surface area contributed by atoms with Crippen LogP contribution in [0.3, 0.4) is 0 Å². The van der Waals surface area contributed by atoms with Crippen LogP contribution in [0.4, 0.5) is 17.1 Å². The lowest BCUT2D eigenvalue weighted by atomic mass is 9.87. The summed E-state index contributed by atoms with van der Waals surface area (Å²) in [4.78, 5) is 35.3. The summed E-state index contributed by atoms with van der Waals surface area (Å²) in [6.07, 6.45) is 0. The highest BCUT2D eigenvalue weighted by molar-refractivity contribution is 7.80. The molecule has 174 valence electrons. The van der Waals surface area contributed by atoms with Gasteiger partial charge in [0, 0.05) is 34.6 Å². The Hall–Kier alpha value is -4.11. The van der Waals surface area contributed by atoms with Crippen molar-refractivity contribution in [2.45, 2.75) is 26.2 Å². The Labute approximate surface area is 202 Å². The number of nitrogens with zero attached hydrogens (tertiary/aromatic N) is 1. The zero-order chi connectivity index (χ0) is 24.9. The molecule has 3 rings (SSSR count). The number of non-ortho nitro benzene ring substituents is 1. The zero-order valence-corrected chi connectivity index (χ0v) is 19.7. The highest BCUT2D eigenvalue weighted by Gasteiger charge is 2.15. The highest BCUT2D eigenvalue weighted by Crippen LogP contribution is 2.23. The second-order valence-corrected chi connectivity index (χ2v) is 8.99. The summed E-state index contributed by atoms with van der Waals surface area (Å²) in [5, 5.41) is 19.1. The summed E-state index contributed by atoms with van der Waals surface area (Å²) in [5.74, 6) is -0.830. The van der Waals surface area contributed by atoms with Crippen LogP contribution in [0.1, 0.15) is 47.1 Å². The van der Waals surface area contributed by atoms with Crippen LogP contribution in [0.15, 0.2) is 72.8 Å². The molecule has 0 unspecified atom stereocenters. The molecule has 3 aromatic rings. The van der Waals surface area contributed by atoms with E-state index in [0.29, 0.717) is 16.9 Å². The summed E-state index contributed by atoms with van der Waals surface area (Å²) in [5.41, 5.74) is 2.67. The molecule has 3 aromatic carbocycles. The Morgan fingerprint density at radius 3 is 2.06 bits per heavy atom. The average Bonchev–Trinajstić information content (AvgIpc) is 2.78. The first kappa shape index (κ1) is 24.5. The number of nitro groups is 1. The monoisotopic (exact) mass is 476 g/mol. The lowest BCUT2D eigenvalue weighted by Gasteiger charge is -2.19. The Morgan fingerprint density at radius 1 is 0.824 bits per heavy atom. The molecule has 0 saturated heterocycles. The third-order valence-electron chi connectivity index (χ3n) is 4.94. The topological polar surface area (TPSA) is 113 Å². The number of benzene rings is 3. The van der Waals surface area contributed by atoms with Gasteiger partial charge in [0.1, 0.15) is 0 Å². The molecule has 34 heavy (non-hydrogen) atoms. The van der Waals surface area contributed by atoms with Gasteiger partial charge in [0.25, 0.3) is 17.5 Å². The van der Waals surface area contributed by atoms with Gasteiger partial charge in [-0.3, -0.25) is 25.0 Å². The molecule has 3 N–H and O–H groups in total. The molecule has 0 heterocycles. The number of hydrogen-bond donors (Lipinski definition) is 3. The van der Waals surface area contributed by atoms with E-state index in [9.17, 15) is 19.7 Å². The first-order valence-electron chi connectivity index (χ1n) is 10.4. The number of amides is 2. The van der Waals surface area contributed by atoms with Crippen molar-refractivity contribution in [2.24, 2.45) is 0 Å². The van der Waals surface area contributed by atoms with Crippen LogP contribution in [0, 0.1) is 10.1 Å². The average molecular weight is 477 g/mol. The van der Waals surface area contributed by atoms with E-state index in [1.165, 1.54) is 24.3 Å². The zero-order valence-electron chi connectivity index (χ0n) is 18.9. The third-order valence-corrected chi connectivity index (χ3v) is 5.14. The second-order valence-electron chi connectivity index (χ2n) is 8.58. The van der Waals surface area contributed by atoms with Crippen LogP contribution in [-0.2, 0) is 5.41 Å². The van der Waals surface area contributed by atoms with Gasteiger partial charge in [-0.2, -0.15) is 0 Å². The number of carbonyl (C=O) groups is 2. The van der Waals surface area contributed by atoms with E-state index in [-0.39, 0.29) is 27.7 Å². The normalized spacial score (nSPS) is 10.8. The third kappa shape index (κ3) is 6.46. The lowest BCUT2D eigenvalue weighted by molar-refractivity contribution is -0.384. The van der Waals surface area contributed by atoms with E-state index in [4.69, 9.17) is 12.2 Å². The molecule has 0 radical (unpaired) electrons. The summed E-state index contributed by atoms with van der Waals surface area (Å²) < 4.78 is 0. The summed E-state index contributed by atoms with van der Waals surface area (Å²) in [7, 11) is 0. The van der Waals surface area contributed by atoms with Crippen LogP contribution in [0.5, 0.6) is 0 Å². The van der Waals surface area contributed by atoms with Crippen LogP contribution in [-0.4, -0.2) is 21.9 Å². The minimum atomic E-state index is -0.579. The molecule has 0 saturated carbocycles. The van der Waals surface area contributed by atoms with Crippen molar-refractivity contribution < 1.29 is 14.5 Å². The lowest BCUT2D eigenvalue weighted by Crippen LogP contribution is -2.34. The van der Waals surface area contributed by atoms with Crippen molar-refractivity contribution in [2.75, 3.05) is 10.6 Å². The molecule has 0 atom stereocenters. The molecule has 0 bridgehead atoms. The molecule has 0 spiro atoms. The number of nitrogens with one attached hydrogen (secondary N) is 3. The predicted octanol–water partition coefficient (Wildman–Crippen LogP) is 5.27. The molecule has 0 fully saturated rings. The first-order valence-corrected chi connectivity index (χ1v) is 10.8. The SMILES string of the molecule is CC(C)(C)c1ccc(C(=O)Nc2cccc(NC(=S)NC(=O)c3cccc([N+](=O)[O-])c3)c2)cc1. The summed E-state index contributed by atoms with van der Waals surface area (Å²) in [6, 6.07) is 19.7. The van der Waals surface area contributed by atoms with E-state index in [1.807, 2.05) is 12.1 Å². The molecule has 0 aliphatic rings. The fourth-order valence-electron chi connectivity index (χ4n) is 3.10. The second kappa shape index (κ2) is 10.2. The number of anilines is 2. The molecular weight excluding hydrogens is 452 g/mol. The minimum absolute atomic E-state index is 0.00191. The Morgan fingerprint density at radius 2 is 1.44 bits per heavy atom. The van der Waals surface area contributed by atoms with E-state index in [0.717, 1.165) is 5.56 Å². The van der Waals surface area contributed by atoms with E-state index in [1.54, 1.807) is 36.4 Å². The maximum atomic E-state index is 12.6. The maximum Gasteiger partial charge on any atom is 0.270 e. The fourth-order valence-corrected chi connectivity index (χ4v) is 3.31. The number of nitro benzene ring substituents is 1. The number of rotatable bonds is 5. The molecule has 8 nitrogen and oxygen atoms in total. The number of carbonyl (C=O) groups excluding carboxylic acids is 2. The van der Waals surface area contributed by atoms with Gasteiger partial charge in [0.15, 0.2) is 5.11 Å². The van der Waals surface area contributed by atoms with Crippen molar-refractivity contribution in [1.82, 2.24) is 5.32 Å². The highest BCUT2D eigenvalue weighted by atomic mass is 32.1. The maximum absolute atomic E-state index is 12.6. The van der Waals surface area contributed by atoms with Gasteiger partial charge in [0.05, 0.1) is 4.92 Å². The van der Waals surface area contributed by atoms with E-state index < -0.39 is 10.8 Å². The fraction of sp³-hybridized carbons (Fsp3) is 0.160. The van der Waals surface area contributed by atoms with Gasteiger partial charge < -0.3 is 10.6 Å². The van der Waals surface area contributed by atoms with E-state index in [2.05, 4.69) is 36.7 Å². The summed E-state index contributed by atoms with van der Waals surface area (Å²) in [6.45, 7) is 6.32. The number of thiocarbonyl (C=S) groups is 1. The standard InChI is InChI=1S/C25H24N4O4S/c1-25(2,3)18-12-10-16(11-13-18)22(30)26-19-7-5-8-20(15-19)27-24(34)28-23(31)17-6-4-9-21(14-17)29(32)33/h4-15H,1-3H3,(H,26,30)(H2,27,28,31,34). The van der Waals surface area contributed by atoms with Crippen molar-refractivity contribution in [3.05, 3.63) is 99.6 Å². The van der Waals surface area contributed by atoms with Gasteiger partial charge in [-0.15, -0.1) is 0 Å². The molecule has 9 heteroatoms. The largest absolute Gasteiger partial charge is 0.332 e.